The van der Waals surface area contributed by atoms with Gasteiger partial charge in [-0.25, -0.2) is 4.98 Å². The number of aromatic nitrogens is 2. The molecule has 4 rings (SSSR count). The average Bonchev–Trinajstić information content (AvgIpc) is 3.31. The maximum atomic E-state index is 12.9. The van der Waals surface area contributed by atoms with Crippen LogP contribution < -0.4 is 0 Å². The summed E-state index contributed by atoms with van der Waals surface area (Å²) in [7, 11) is 0. The fourth-order valence-corrected chi connectivity index (χ4v) is 4.82. The van der Waals surface area contributed by atoms with Crippen molar-refractivity contribution in [2.75, 3.05) is 6.54 Å². The summed E-state index contributed by atoms with van der Waals surface area (Å²) in [6.07, 6.45) is 9.48. The van der Waals surface area contributed by atoms with E-state index in [-0.39, 0.29) is 5.91 Å². The van der Waals surface area contributed by atoms with Gasteiger partial charge < -0.3 is 9.88 Å². The van der Waals surface area contributed by atoms with Crippen LogP contribution in [0, 0.1) is 12.8 Å². The molecule has 2 aliphatic rings. The van der Waals surface area contributed by atoms with Gasteiger partial charge in [-0.3, -0.25) is 4.79 Å². The smallest absolute Gasteiger partial charge is 0.270 e. The molecule has 0 aromatic carbocycles. The largest absolute Gasteiger partial charge is 0.357 e. The van der Waals surface area contributed by atoms with Gasteiger partial charge in [0.1, 0.15) is 5.69 Å². The maximum absolute atomic E-state index is 12.9. The second kappa shape index (κ2) is 6.11. The Hall–Kier alpha value is -1.62. The van der Waals surface area contributed by atoms with Gasteiger partial charge in [0.05, 0.1) is 10.7 Å². The Morgan fingerprint density at radius 3 is 2.87 bits per heavy atom. The lowest BCUT2D eigenvalue weighted by Crippen LogP contribution is -2.39. The summed E-state index contributed by atoms with van der Waals surface area (Å²) >= 11 is 1.64. The second-order valence-electron chi connectivity index (χ2n) is 6.81. The van der Waals surface area contributed by atoms with Crippen LogP contribution in [0.1, 0.15) is 54.0 Å². The zero-order chi connectivity index (χ0) is 15.8. The number of nitrogens with zero attached hydrogens (tertiary/aromatic N) is 2. The molecule has 1 amide bonds. The summed E-state index contributed by atoms with van der Waals surface area (Å²) in [5, 5.41) is 3.10. The van der Waals surface area contributed by atoms with E-state index in [9.17, 15) is 4.79 Å². The lowest BCUT2D eigenvalue weighted by Gasteiger charge is -2.29. The fourth-order valence-electron chi connectivity index (χ4n) is 4.19. The van der Waals surface area contributed by atoms with Gasteiger partial charge >= 0.3 is 0 Å². The van der Waals surface area contributed by atoms with Crippen molar-refractivity contribution in [3.63, 3.8) is 0 Å². The highest BCUT2D eigenvalue weighted by Gasteiger charge is 2.36. The van der Waals surface area contributed by atoms with E-state index in [2.05, 4.69) is 14.9 Å². The first-order valence-electron chi connectivity index (χ1n) is 8.64. The predicted octanol–water partition coefficient (Wildman–Crippen LogP) is 4.24. The average molecular weight is 329 g/mol. The van der Waals surface area contributed by atoms with Crippen molar-refractivity contribution in [1.29, 1.82) is 0 Å². The standard InChI is InChI=1S/C18H23N3OS/c1-12-20-16(11-23-12)14-9-15(19-10-14)18(22)21-8-4-7-17(21)13-5-2-3-6-13/h9-11,13,17,19H,2-8H2,1H3. The normalized spacial score (nSPS) is 22.1. The molecular weight excluding hydrogens is 306 g/mol. The molecule has 23 heavy (non-hydrogen) atoms. The maximum Gasteiger partial charge on any atom is 0.270 e. The van der Waals surface area contributed by atoms with Crippen LogP contribution in [0.15, 0.2) is 17.6 Å². The minimum Gasteiger partial charge on any atom is -0.357 e. The van der Waals surface area contributed by atoms with E-state index in [1.165, 1.54) is 32.1 Å². The summed E-state index contributed by atoms with van der Waals surface area (Å²) in [4.78, 5) is 22.7. The van der Waals surface area contributed by atoms with Gasteiger partial charge in [0.25, 0.3) is 5.91 Å². The Bertz CT molecular complexity index is 699. The number of likely N-dealkylation sites (tertiary alicyclic amines) is 1. The Balaban J connectivity index is 1.53. The zero-order valence-corrected chi connectivity index (χ0v) is 14.4. The number of carbonyl (C=O) groups is 1. The molecule has 1 unspecified atom stereocenters. The molecular formula is C18H23N3OS. The van der Waals surface area contributed by atoms with Gasteiger partial charge in [-0.1, -0.05) is 12.8 Å². The first kappa shape index (κ1) is 14.9. The Labute approximate surface area is 140 Å². The molecule has 2 fully saturated rings. The van der Waals surface area contributed by atoms with Crippen molar-refractivity contribution in [3.8, 4) is 11.3 Å². The topological polar surface area (TPSA) is 49.0 Å². The van der Waals surface area contributed by atoms with Gasteiger partial charge in [-0.05, 0) is 44.6 Å². The number of rotatable bonds is 3. The molecule has 1 atom stereocenters. The van der Waals surface area contributed by atoms with Crippen LogP contribution >= 0.6 is 11.3 Å². The Morgan fingerprint density at radius 1 is 1.30 bits per heavy atom. The summed E-state index contributed by atoms with van der Waals surface area (Å²) in [5.74, 6) is 0.884. The number of thiazole rings is 1. The van der Waals surface area contributed by atoms with Gasteiger partial charge in [-0.15, -0.1) is 11.3 Å². The van der Waals surface area contributed by atoms with Crippen molar-refractivity contribution >= 4 is 17.2 Å². The number of H-pyrrole nitrogens is 1. The fraction of sp³-hybridized carbons (Fsp3) is 0.556. The Kier molecular flexibility index (Phi) is 3.97. The number of carbonyl (C=O) groups excluding carboxylic acids is 1. The lowest BCUT2D eigenvalue weighted by atomic mass is 9.96. The quantitative estimate of drug-likeness (QED) is 0.915. The van der Waals surface area contributed by atoms with E-state index in [4.69, 9.17) is 0 Å². The summed E-state index contributed by atoms with van der Waals surface area (Å²) in [5.41, 5.74) is 2.67. The number of amides is 1. The van der Waals surface area contributed by atoms with Crippen LogP contribution in [0.5, 0.6) is 0 Å². The highest BCUT2D eigenvalue weighted by molar-refractivity contribution is 7.09. The third-order valence-electron chi connectivity index (χ3n) is 5.33. The van der Waals surface area contributed by atoms with Gasteiger partial charge in [0.2, 0.25) is 0 Å². The number of nitrogens with one attached hydrogen (secondary N) is 1. The van der Waals surface area contributed by atoms with Gasteiger partial charge in [-0.2, -0.15) is 0 Å². The van der Waals surface area contributed by atoms with Crippen LogP contribution in [0.25, 0.3) is 11.3 Å². The Morgan fingerprint density at radius 2 is 2.13 bits per heavy atom. The first-order chi connectivity index (χ1) is 11.2. The molecule has 4 nitrogen and oxygen atoms in total. The van der Waals surface area contributed by atoms with E-state index in [1.54, 1.807) is 11.3 Å². The molecule has 5 heteroatoms. The number of aromatic amines is 1. The van der Waals surface area contributed by atoms with Gasteiger partial charge in [0.15, 0.2) is 0 Å². The van der Waals surface area contributed by atoms with Crippen LogP contribution in [0.2, 0.25) is 0 Å². The van der Waals surface area contributed by atoms with E-state index >= 15 is 0 Å². The highest BCUT2D eigenvalue weighted by atomic mass is 32.1. The summed E-state index contributed by atoms with van der Waals surface area (Å²) < 4.78 is 0. The molecule has 1 aliphatic heterocycles. The molecule has 1 N–H and O–H groups in total. The van der Waals surface area contributed by atoms with Crippen LogP contribution in [0.4, 0.5) is 0 Å². The lowest BCUT2D eigenvalue weighted by molar-refractivity contribution is 0.0684. The highest BCUT2D eigenvalue weighted by Crippen LogP contribution is 2.36. The second-order valence-corrected chi connectivity index (χ2v) is 7.87. The molecule has 122 valence electrons. The van der Waals surface area contributed by atoms with Crippen molar-refractivity contribution in [3.05, 3.63) is 28.3 Å². The zero-order valence-electron chi connectivity index (χ0n) is 13.5. The predicted molar refractivity (Wildman–Crippen MR) is 92.7 cm³/mol. The van der Waals surface area contributed by atoms with Crippen molar-refractivity contribution in [2.45, 2.75) is 51.5 Å². The monoisotopic (exact) mass is 329 g/mol. The van der Waals surface area contributed by atoms with Gasteiger partial charge in [0, 0.05) is 29.7 Å². The number of aryl methyl sites for hydroxylation is 1. The van der Waals surface area contributed by atoms with Crippen LogP contribution in [0.3, 0.4) is 0 Å². The SMILES string of the molecule is Cc1nc(-c2c[nH]c(C(=O)N3CCCC3C3CCCC3)c2)cs1. The minimum atomic E-state index is 0.164. The molecule has 0 bridgehead atoms. The van der Waals surface area contributed by atoms with Crippen LogP contribution in [-0.4, -0.2) is 33.4 Å². The molecule has 2 aromatic heterocycles. The van der Waals surface area contributed by atoms with Crippen molar-refractivity contribution in [2.24, 2.45) is 5.92 Å². The third kappa shape index (κ3) is 2.82. The van der Waals surface area contributed by atoms with Crippen molar-refractivity contribution < 1.29 is 4.79 Å². The summed E-state index contributed by atoms with van der Waals surface area (Å²) in [6.45, 7) is 2.91. The van der Waals surface area contributed by atoms with E-state index in [1.807, 2.05) is 24.6 Å². The molecule has 1 aliphatic carbocycles. The molecule has 2 aromatic rings. The van der Waals surface area contributed by atoms with Crippen molar-refractivity contribution in [1.82, 2.24) is 14.9 Å². The third-order valence-corrected chi connectivity index (χ3v) is 6.11. The number of hydrogen-bond donors (Lipinski definition) is 1. The number of hydrogen-bond acceptors (Lipinski definition) is 3. The molecule has 1 saturated heterocycles. The van der Waals surface area contributed by atoms with E-state index < -0.39 is 0 Å². The molecule has 0 spiro atoms. The van der Waals surface area contributed by atoms with Crippen LogP contribution in [-0.2, 0) is 0 Å². The summed E-state index contributed by atoms with van der Waals surface area (Å²) in [6, 6.07) is 2.42. The first-order valence-corrected chi connectivity index (χ1v) is 9.52. The molecule has 1 saturated carbocycles. The molecule has 0 radical (unpaired) electrons. The minimum absolute atomic E-state index is 0.164. The van der Waals surface area contributed by atoms with E-state index in [0.29, 0.717) is 11.7 Å². The van der Waals surface area contributed by atoms with E-state index in [0.717, 1.165) is 35.1 Å². The molecule has 3 heterocycles.